The lowest BCUT2D eigenvalue weighted by atomic mass is 9.90. The van der Waals surface area contributed by atoms with Gasteiger partial charge in [0.15, 0.2) is 0 Å². The molecular formula is C34H43Cl2N5O4. The van der Waals surface area contributed by atoms with Crippen molar-refractivity contribution in [1.82, 2.24) is 14.5 Å². The Labute approximate surface area is 277 Å². The number of anilines is 2. The quantitative estimate of drug-likeness (QED) is 0.145. The molecule has 0 fully saturated rings. The predicted octanol–water partition coefficient (Wildman–Crippen LogP) is 6.02. The fraction of sp³-hybridized carbons (Fsp3) is 0.412. The Kier molecular flexibility index (Phi) is 12.0. The minimum Gasteiger partial charge on any atom is -0.461 e. The van der Waals surface area contributed by atoms with Crippen molar-refractivity contribution in [3.05, 3.63) is 88.3 Å². The average molecular weight is 657 g/mol. The summed E-state index contributed by atoms with van der Waals surface area (Å²) < 4.78 is 7.38. The molecule has 0 atom stereocenters. The number of aromatic nitrogens is 2. The van der Waals surface area contributed by atoms with E-state index in [9.17, 15) is 14.4 Å². The van der Waals surface area contributed by atoms with Crippen LogP contribution in [0.2, 0.25) is 0 Å². The van der Waals surface area contributed by atoms with Crippen molar-refractivity contribution in [1.29, 1.82) is 0 Å². The second-order valence-corrected chi connectivity index (χ2v) is 11.9. The molecule has 0 unspecified atom stereocenters. The highest BCUT2D eigenvalue weighted by Gasteiger charge is 2.45. The molecule has 9 nitrogen and oxygen atoms in total. The molecule has 3 aromatic heterocycles. The van der Waals surface area contributed by atoms with Gasteiger partial charge in [-0.2, -0.15) is 0 Å². The monoisotopic (exact) mass is 655 g/mol. The van der Waals surface area contributed by atoms with E-state index in [1.54, 1.807) is 41.3 Å². The Morgan fingerprint density at radius 1 is 0.889 bits per heavy atom. The van der Waals surface area contributed by atoms with E-state index in [-0.39, 0.29) is 42.2 Å². The van der Waals surface area contributed by atoms with Gasteiger partial charge in [-0.25, -0.2) is 0 Å². The summed E-state index contributed by atoms with van der Waals surface area (Å²) >= 11 is 0. The number of benzene rings is 1. The third-order valence-electron chi connectivity index (χ3n) is 8.41. The van der Waals surface area contributed by atoms with Crippen LogP contribution in [0.4, 0.5) is 11.4 Å². The number of hydrogen-bond acceptors (Lipinski definition) is 6. The normalized spacial score (nSPS) is 14.3. The van der Waals surface area contributed by atoms with E-state index in [0.29, 0.717) is 24.1 Å². The molecule has 0 bridgehead atoms. The maximum atomic E-state index is 13.2. The Morgan fingerprint density at radius 2 is 1.62 bits per heavy atom. The zero-order valence-electron chi connectivity index (χ0n) is 26.6. The highest BCUT2D eigenvalue weighted by Crippen LogP contribution is 2.39. The van der Waals surface area contributed by atoms with Gasteiger partial charge in [0.2, 0.25) is 11.8 Å². The smallest absolute Gasteiger partial charge is 0.261 e. The number of unbranched alkanes of at least 4 members (excludes halogenated alkanes) is 1. The number of pyridine rings is 2. The van der Waals surface area contributed by atoms with Gasteiger partial charge in [0, 0.05) is 51.8 Å². The van der Waals surface area contributed by atoms with Gasteiger partial charge in [0.05, 0.1) is 16.8 Å². The number of amides is 2. The average Bonchev–Trinajstić information content (AvgIpc) is 3.38. The first kappa shape index (κ1) is 35.8. The highest BCUT2D eigenvalue weighted by molar-refractivity contribution is 6.19. The number of halogens is 2. The Balaban J connectivity index is 0.00000276. The lowest BCUT2D eigenvalue weighted by molar-refractivity contribution is -0.137. The molecule has 0 radical (unpaired) electrons. The Bertz CT molecular complexity index is 1690. The van der Waals surface area contributed by atoms with Crippen LogP contribution in [0.5, 0.6) is 0 Å². The molecule has 4 heterocycles. The van der Waals surface area contributed by atoms with Crippen LogP contribution in [-0.2, 0) is 29.1 Å². The zero-order valence-corrected chi connectivity index (χ0v) is 28.2. The van der Waals surface area contributed by atoms with Gasteiger partial charge in [0.25, 0.3) is 5.56 Å². The number of carbonyl (C=O) groups excluding carboxylic acids is 2. The molecule has 0 saturated carbocycles. The lowest BCUT2D eigenvalue weighted by Gasteiger charge is -2.27. The third-order valence-corrected chi connectivity index (χ3v) is 8.41. The van der Waals surface area contributed by atoms with Crippen LogP contribution in [0.3, 0.4) is 0 Å². The van der Waals surface area contributed by atoms with Crippen LogP contribution in [0.1, 0.15) is 50.5 Å². The molecule has 0 aliphatic carbocycles. The Morgan fingerprint density at radius 3 is 2.33 bits per heavy atom. The molecule has 242 valence electrons. The predicted molar refractivity (Wildman–Crippen MR) is 184 cm³/mol. The molecule has 0 N–H and O–H groups in total. The van der Waals surface area contributed by atoms with E-state index in [1.165, 1.54) is 5.56 Å². The van der Waals surface area contributed by atoms with Crippen LogP contribution in [0.15, 0.2) is 70.3 Å². The highest BCUT2D eigenvalue weighted by atomic mass is 35.5. The molecule has 5 rings (SSSR count). The number of carbonyl (C=O) groups is 2. The number of furan rings is 1. The SMILES string of the molecule is CCN1C(=O)C(C)(C)C(=O)N(C)c2cc(CCCCN(CCn3ccc4oc(C)cc4c3=O)Cc3ccncc3)ccc21.Cl.Cl. The van der Waals surface area contributed by atoms with Gasteiger partial charge >= 0.3 is 0 Å². The minimum atomic E-state index is -1.11. The molecule has 4 aromatic rings. The first-order valence-corrected chi connectivity index (χ1v) is 15.0. The number of nitrogens with zero attached hydrogens (tertiary/aromatic N) is 5. The van der Waals surface area contributed by atoms with Crippen molar-refractivity contribution in [2.75, 3.05) is 36.5 Å². The van der Waals surface area contributed by atoms with Crippen molar-refractivity contribution in [3.8, 4) is 0 Å². The standard InChI is InChI=1S/C34H41N5O4.2ClH/c1-6-39-28-11-10-25(22-29(28)36(5)32(41)34(3,4)33(39)42)9-7-8-17-37(23-26-12-15-35-16-13-26)19-20-38-18-14-30-27(31(38)40)21-24(2)43-30;;/h10-16,18,21-22H,6-9,17,19-20,23H2,1-5H3;2*1H. The molecule has 11 heteroatoms. The second kappa shape index (κ2) is 15.1. The van der Waals surface area contributed by atoms with Gasteiger partial charge < -0.3 is 18.8 Å². The van der Waals surface area contributed by atoms with E-state index in [1.807, 2.05) is 56.7 Å². The summed E-state index contributed by atoms with van der Waals surface area (Å²) in [6, 6.07) is 13.8. The van der Waals surface area contributed by atoms with Crippen molar-refractivity contribution >= 4 is 59.0 Å². The summed E-state index contributed by atoms with van der Waals surface area (Å²) in [5.74, 6) is 0.367. The summed E-state index contributed by atoms with van der Waals surface area (Å²) in [6.07, 6.45) is 8.22. The van der Waals surface area contributed by atoms with Gasteiger partial charge in [0.1, 0.15) is 16.8 Å². The summed E-state index contributed by atoms with van der Waals surface area (Å²) in [6.45, 7) is 10.7. The van der Waals surface area contributed by atoms with Crippen LogP contribution in [-0.4, -0.2) is 52.9 Å². The summed E-state index contributed by atoms with van der Waals surface area (Å²) in [7, 11) is 1.76. The van der Waals surface area contributed by atoms with Crippen LogP contribution in [0, 0.1) is 12.3 Å². The number of aryl methyl sites for hydroxylation is 2. The van der Waals surface area contributed by atoms with Crippen molar-refractivity contribution < 1.29 is 14.0 Å². The van der Waals surface area contributed by atoms with E-state index in [0.717, 1.165) is 61.6 Å². The number of fused-ring (bicyclic) bond motifs is 2. The van der Waals surface area contributed by atoms with Crippen molar-refractivity contribution in [3.63, 3.8) is 0 Å². The maximum absolute atomic E-state index is 13.2. The summed E-state index contributed by atoms with van der Waals surface area (Å²) in [5.41, 5.74) is 3.35. The van der Waals surface area contributed by atoms with E-state index >= 15 is 0 Å². The van der Waals surface area contributed by atoms with Crippen LogP contribution in [0.25, 0.3) is 11.0 Å². The van der Waals surface area contributed by atoms with Gasteiger partial charge in [-0.1, -0.05) is 6.07 Å². The first-order valence-electron chi connectivity index (χ1n) is 15.0. The number of hydrogen-bond donors (Lipinski definition) is 0. The summed E-state index contributed by atoms with van der Waals surface area (Å²) in [4.78, 5) is 49.3. The van der Waals surface area contributed by atoms with E-state index in [2.05, 4.69) is 22.0 Å². The zero-order chi connectivity index (χ0) is 30.7. The molecule has 1 aliphatic rings. The molecule has 1 aromatic carbocycles. The molecule has 0 saturated heterocycles. The molecule has 2 amide bonds. The maximum Gasteiger partial charge on any atom is 0.261 e. The van der Waals surface area contributed by atoms with Crippen molar-refractivity contribution in [2.24, 2.45) is 5.41 Å². The lowest BCUT2D eigenvalue weighted by Crippen LogP contribution is -2.47. The van der Waals surface area contributed by atoms with Crippen molar-refractivity contribution in [2.45, 2.75) is 60.0 Å². The van der Waals surface area contributed by atoms with Crippen LogP contribution < -0.4 is 15.4 Å². The third kappa shape index (κ3) is 7.60. The number of rotatable bonds is 11. The summed E-state index contributed by atoms with van der Waals surface area (Å²) in [5, 5.41) is 0.615. The largest absolute Gasteiger partial charge is 0.461 e. The molecular weight excluding hydrogens is 613 g/mol. The molecule has 0 spiro atoms. The minimum absolute atomic E-state index is 0. The van der Waals surface area contributed by atoms with Gasteiger partial charge in [-0.3, -0.25) is 24.3 Å². The van der Waals surface area contributed by atoms with E-state index in [4.69, 9.17) is 4.42 Å². The fourth-order valence-corrected chi connectivity index (χ4v) is 5.91. The van der Waals surface area contributed by atoms with Crippen LogP contribution >= 0.6 is 24.8 Å². The Hall–Kier alpha value is -3.66. The first-order chi connectivity index (χ1) is 20.6. The van der Waals surface area contributed by atoms with E-state index < -0.39 is 5.41 Å². The van der Waals surface area contributed by atoms with Gasteiger partial charge in [-0.05, 0) is 101 Å². The molecule has 1 aliphatic heterocycles. The second-order valence-electron chi connectivity index (χ2n) is 11.9. The molecule has 45 heavy (non-hydrogen) atoms. The fourth-order valence-electron chi connectivity index (χ4n) is 5.91. The van der Waals surface area contributed by atoms with Gasteiger partial charge in [-0.15, -0.1) is 24.8 Å². The topological polar surface area (TPSA) is 91.9 Å².